The Kier molecular flexibility index (Phi) is 9.07. The second kappa shape index (κ2) is 11.8. The number of hydrogen-bond acceptors (Lipinski definition) is 5. The van der Waals surface area contributed by atoms with Gasteiger partial charge in [0, 0.05) is 19.2 Å². The van der Waals surface area contributed by atoms with Gasteiger partial charge in [-0.2, -0.15) is 0 Å². The second-order valence-electron chi connectivity index (χ2n) is 8.61. The van der Waals surface area contributed by atoms with E-state index in [1.165, 1.54) is 17.0 Å². The summed E-state index contributed by atoms with van der Waals surface area (Å²) in [5.74, 6) is -0.573. The van der Waals surface area contributed by atoms with Gasteiger partial charge in [-0.05, 0) is 44.2 Å². The van der Waals surface area contributed by atoms with Crippen LogP contribution in [0.25, 0.3) is 0 Å². The lowest BCUT2D eigenvalue weighted by Crippen LogP contribution is -2.55. The second-order valence-corrected chi connectivity index (χ2v) is 10.4. The molecule has 32 heavy (non-hydrogen) atoms. The molecule has 1 aromatic carbocycles. The summed E-state index contributed by atoms with van der Waals surface area (Å²) in [5, 5.41) is 3.11. The van der Waals surface area contributed by atoms with Crippen LogP contribution in [0, 0.1) is 0 Å². The molecule has 2 aliphatic rings. The highest BCUT2D eigenvalue weighted by molar-refractivity contribution is 7.89. The molecule has 1 saturated carbocycles. The largest absolute Gasteiger partial charge is 0.376 e. The number of hydrogen-bond donors (Lipinski definition) is 2. The molecule has 178 valence electrons. The molecule has 1 aliphatic carbocycles. The van der Waals surface area contributed by atoms with Crippen LogP contribution in [-0.2, 0) is 24.3 Å². The summed E-state index contributed by atoms with van der Waals surface area (Å²) < 4.78 is 33.3. The molecule has 3 rings (SSSR count). The highest BCUT2D eigenvalue weighted by Gasteiger charge is 2.34. The van der Waals surface area contributed by atoms with Crippen LogP contribution in [0.15, 0.2) is 35.2 Å². The van der Waals surface area contributed by atoms with E-state index < -0.39 is 28.5 Å². The van der Waals surface area contributed by atoms with Crippen LogP contribution in [0.3, 0.4) is 0 Å². The first-order valence-corrected chi connectivity index (χ1v) is 13.1. The molecule has 0 spiro atoms. The van der Waals surface area contributed by atoms with Crippen molar-refractivity contribution in [3.05, 3.63) is 30.3 Å². The molecule has 9 heteroatoms. The van der Waals surface area contributed by atoms with E-state index in [0.717, 1.165) is 44.9 Å². The number of amides is 2. The third kappa shape index (κ3) is 6.76. The van der Waals surface area contributed by atoms with Crippen molar-refractivity contribution in [2.45, 2.75) is 81.4 Å². The molecule has 0 bridgehead atoms. The summed E-state index contributed by atoms with van der Waals surface area (Å²) in [4.78, 5) is 28.0. The Morgan fingerprint density at radius 3 is 2.47 bits per heavy atom. The van der Waals surface area contributed by atoms with E-state index >= 15 is 0 Å². The van der Waals surface area contributed by atoms with E-state index in [-0.39, 0.29) is 29.5 Å². The minimum atomic E-state index is -3.82. The van der Waals surface area contributed by atoms with Crippen molar-refractivity contribution in [2.24, 2.45) is 0 Å². The van der Waals surface area contributed by atoms with Gasteiger partial charge in [0.05, 0.1) is 17.5 Å². The van der Waals surface area contributed by atoms with Crippen molar-refractivity contribution in [1.82, 2.24) is 14.9 Å². The summed E-state index contributed by atoms with van der Waals surface area (Å²) in [6.45, 7) is 2.50. The summed E-state index contributed by atoms with van der Waals surface area (Å²) in [7, 11) is -3.82. The maximum atomic E-state index is 13.2. The number of carbonyl (C=O) groups excluding carboxylic acids is 2. The number of nitrogens with zero attached hydrogens (tertiary/aromatic N) is 1. The van der Waals surface area contributed by atoms with E-state index in [0.29, 0.717) is 13.0 Å². The van der Waals surface area contributed by atoms with Crippen LogP contribution in [0.5, 0.6) is 0 Å². The van der Waals surface area contributed by atoms with Gasteiger partial charge in [0.1, 0.15) is 6.04 Å². The summed E-state index contributed by atoms with van der Waals surface area (Å²) in [6, 6.07) is 7.45. The average molecular weight is 466 g/mol. The van der Waals surface area contributed by atoms with Crippen LogP contribution in [0.1, 0.15) is 58.3 Å². The third-order valence-electron chi connectivity index (χ3n) is 6.15. The Morgan fingerprint density at radius 1 is 1.12 bits per heavy atom. The van der Waals surface area contributed by atoms with Crippen LogP contribution >= 0.6 is 0 Å². The number of carbonyl (C=O) groups is 2. The summed E-state index contributed by atoms with van der Waals surface area (Å²) in [6.07, 6.45) is 6.97. The smallest absolute Gasteiger partial charge is 0.243 e. The molecule has 0 radical (unpaired) electrons. The molecule has 2 N–H and O–H groups in total. The predicted molar refractivity (Wildman–Crippen MR) is 121 cm³/mol. The minimum Gasteiger partial charge on any atom is -0.376 e. The van der Waals surface area contributed by atoms with Crippen molar-refractivity contribution in [1.29, 1.82) is 0 Å². The Bertz CT molecular complexity index is 850. The molecule has 2 fully saturated rings. The van der Waals surface area contributed by atoms with Gasteiger partial charge >= 0.3 is 0 Å². The maximum Gasteiger partial charge on any atom is 0.243 e. The lowest BCUT2D eigenvalue weighted by atomic mass is 10.1. The van der Waals surface area contributed by atoms with Crippen molar-refractivity contribution in [2.75, 3.05) is 19.7 Å². The van der Waals surface area contributed by atoms with E-state index in [2.05, 4.69) is 10.0 Å². The average Bonchev–Trinajstić information content (AvgIpc) is 3.49. The maximum absolute atomic E-state index is 13.2. The third-order valence-corrected chi connectivity index (χ3v) is 7.57. The van der Waals surface area contributed by atoms with Crippen molar-refractivity contribution in [3.8, 4) is 0 Å². The van der Waals surface area contributed by atoms with Gasteiger partial charge in [-0.25, -0.2) is 13.1 Å². The van der Waals surface area contributed by atoms with Crippen molar-refractivity contribution < 1.29 is 22.7 Å². The van der Waals surface area contributed by atoms with Crippen molar-refractivity contribution in [3.63, 3.8) is 0 Å². The normalized spacial score (nSPS) is 20.2. The first-order chi connectivity index (χ1) is 15.4. The van der Waals surface area contributed by atoms with Crippen molar-refractivity contribution >= 4 is 21.8 Å². The van der Waals surface area contributed by atoms with Gasteiger partial charge < -0.3 is 15.0 Å². The van der Waals surface area contributed by atoms with Crippen LogP contribution in [-0.4, -0.2) is 63.0 Å². The quantitative estimate of drug-likeness (QED) is 0.521. The first-order valence-electron chi connectivity index (χ1n) is 11.7. The zero-order valence-electron chi connectivity index (χ0n) is 18.8. The van der Waals surface area contributed by atoms with Gasteiger partial charge in [-0.15, -0.1) is 0 Å². The molecule has 1 aliphatic heterocycles. The molecule has 1 heterocycles. The lowest BCUT2D eigenvalue weighted by molar-refractivity contribution is -0.142. The number of benzene rings is 1. The fraction of sp³-hybridized carbons (Fsp3) is 0.652. The highest BCUT2D eigenvalue weighted by atomic mass is 32.2. The highest BCUT2D eigenvalue weighted by Crippen LogP contribution is 2.20. The van der Waals surface area contributed by atoms with Gasteiger partial charge in [0.2, 0.25) is 21.8 Å². The molecular weight excluding hydrogens is 430 g/mol. The van der Waals surface area contributed by atoms with Crippen LogP contribution in [0.4, 0.5) is 0 Å². The Labute approximate surface area is 191 Å². The zero-order chi connectivity index (χ0) is 23.0. The lowest BCUT2D eigenvalue weighted by Gasteiger charge is -2.33. The van der Waals surface area contributed by atoms with Gasteiger partial charge in [0.25, 0.3) is 0 Å². The van der Waals surface area contributed by atoms with Gasteiger partial charge in [-0.1, -0.05) is 44.4 Å². The van der Waals surface area contributed by atoms with Crippen LogP contribution < -0.4 is 10.0 Å². The Morgan fingerprint density at radius 2 is 1.84 bits per heavy atom. The molecule has 0 unspecified atom stereocenters. The fourth-order valence-corrected chi connectivity index (χ4v) is 5.42. The van der Waals surface area contributed by atoms with E-state index in [9.17, 15) is 18.0 Å². The minimum absolute atomic E-state index is 0.0996. The predicted octanol–water partition coefficient (Wildman–Crippen LogP) is 2.20. The number of nitrogens with one attached hydrogen (secondary N) is 2. The standard InChI is InChI=1S/C23H35N3O5S/c1-2-9-21(23(28)25-18-10-6-7-11-18)26(17-19-12-8-15-31-19)22(27)16-24-32(29,30)20-13-4-3-5-14-20/h3-5,13-14,18-19,21,24H,2,6-12,15-17H2,1H3,(H,25,28)/t19-,21+/m1/s1. The topological polar surface area (TPSA) is 105 Å². The number of rotatable bonds is 11. The summed E-state index contributed by atoms with van der Waals surface area (Å²) in [5.41, 5.74) is 0. The van der Waals surface area contributed by atoms with E-state index in [1.807, 2.05) is 6.92 Å². The Balaban J connectivity index is 1.73. The van der Waals surface area contributed by atoms with Gasteiger partial charge in [0.15, 0.2) is 0 Å². The number of ether oxygens (including phenoxy) is 1. The van der Waals surface area contributed by atoms with Gasteiger partial charge in [-0.3, -0.25) is 9.59 Å². The number of sulfonamides is 1. The van der Waals surface area contributed by atoms with Crippen LogP contribution in [0.2, 0.25) is 0 Å². The molecule has 2 atom stereocenters. The molecule has 0 aromatic heterocycles. The van der Waals surface area contributed by atoms with E-state index in [4.69, 9.17) is 4.74 Å². The fourth-order valence-electron chi connectivity index (χ4n) is 4.42. The van der Waals surface area contributed by atoms with E-state index in [1.54, 1.807) is 18.2 Å². The summed E-state index contributed by atoms with van der Waals surface area (Å²) >= 11 is 0. The molecular formula is C23H35N3O5S. The monoisotopic (exact) mass is 465 g/mol. The molecule has 8 nitrogen and oxygen atoms in total. The SMILES string of the molecule is CCC[C@@H](C(=O)NC1CCCC1)N(C[C@H]1CCCO1)C(=O)CNS(=O)(=O)c1ccccc1. The molecule has 1 saturated heterocycles. The zero-order valence-corrected chi connectivity index (χ0v) is 19.6. The first kappa shape index (κ1) is 24.7. The Hall–Kier alpha value is -1.97. The molecule has 1 aromatic rings. The molecule has 2 amide bonds.